The van der Waals surface area contributed by atoms with Crippen molar-refractivity contribution in [2.75, 3.05) is 19.7 Å². The second-order valence-corrected chi connectivity index (χ2v) is 6.05. The van der Waals surface area contributed by atoms with Crippen molar-refractivity contribution in [2.45, 2.75) is 20.0 Å². The maximum Gasteiger partial charge on any atom is 0.334 e. The summed E-state index contributed by atoms with van der Waals surface area (Å²) < 4.78 is 20.5. The molecule has 1 fully saturated rings. The number of amides is 1. The molecule has 2 heterocycles. The van der Waals surface area contributed by atoms with E-state index in [4.69, 9.17) is 9.84 Å². The number of carboxylic acid groups (broad SMARTS) is 1. The number of aryl methyl sites for hydroxylation is 1. The average Bonchev–Trinajstić information content (AvgIpc) is 2.88. The lowest BCUT2D eigenvalue weighted by Crippen LogP contribution is -2.48. The average molecular weight is 346 g/mol. The van der Waals surface area contributed by atoms with Gasteiger partial charge >= 0.3 is 5.97 Å². The van der Waals surface area contributed by atoms with E-state index in [-0.39, 0.29) is 24.9 Å². The van der Waals surface area contributed by atoms with Gasteiger partial charge in [-0.1, -0.05) is 6.07 Å². The van der Waals surface area contributed by atoms with Gasteiger partial charge in [-0.2, -0.15) is 0 Å². The lowest BCUT2D eigenvalue weighted by molar-refractivity contribution is -0.154. The van der Waals surface area contributed by atoms with Crippen LogP contribution in [0.2, 0.25) is 0 Å². The van der Waals surface area contributed by atoms with E-state index >= 15 is 0 Å². The predicted octanol–water partition coefficient (Wildman–Crippen LogP) is 2.16. The third-order valence-corrected chi connectivity index (χ3v) is 4.36. The summed E-state index contributed by atoms with van der Waals surface area (Å²) in [5.74, 6) is -1.68. The molecule has 25 heavy (non-hydrogen) atoms. The molecule has 0 radical (unpaired) electrons. The molecule has 0 aliphatic carbocycles. The Morgan fingerprint density at radius 3 is 2.72 bits per heavy atom. The number of aliphatic carboxylic acids is 1. The minimum Gasteiger partial charge on any atom is -0.479 e. The Morgan fingerprint density at radius 1 is 1.28 bits per heavy atom. The van der Waals surface area contributed by atoms with Gasteiger partial charge in [0, 0.05) is 23.6 Å². The zero-order valence-corrected chi connectivity index (χ0v) is 14.0. The Hall–Kier alpha value is -2.67. The fourth-order valence-corrected chi connectivity index (χ4v) is 3.15. The van der Waals surface area contributed by atoms with Gasteiger partial charge in [0.25, 0.3) is 5.91 Å². The molecule has 1 N–H and O–H groups in total. The molecule has 1 aromatic carbocycles. The van der Waals surface area contributed by atoms with Crippen LogP contribution in [0.4, 0.5) is 4.39 Å². The van der Waals surface area contributed by atoms with Crippen LogP contribution >= 0.6 is 0 Å². The van der Waals surface area contributed by atoms with Crippen LogP contribution in [0.5, 0.6) is 0 Å². The number of morpholine rings is 1. The number of rotatable bonds is 3. The van der Waals surface area contributed by atoms with Gasteiger partial charge in [0.2, 0.25) is 0 Å². The maximum atomic E-state index is 13.5. The predicted molar refractivity (Wildman–Crippen MR) is 88.5 cm³/mol. The molecule has 7 heteroatoms. The van der Waals surface area contributed by atoms with Gasteiger partial charge in [0.1, 0.15) is 5.82 Å². The quantitative estimate of drug-likeness (QED) is 0.924. The van der Waals surface area contributed by atoms with Crippen LogP contribution < -0.4 is 0 Å². The Bertz CT molecular complexity index is 830. The second-order valence-electron chi connectivity index (χ2n) is 6.05. The smallest absolute Gasteiger partial charge is 0.334 e. The summed E-state index contributed by atoms with van der Waals surface area (Å²) in [7, 11) is 0. The van der Waals surface area contributed by atoms with Crippen LogP contribution in [0.15, 0.2) is 30.3 Å². The largest absolute Gasteiger partial charge is 0.479 e. The number of carbonyl (C=O) groups is 2. The minimum absolute atomic E-state index is 0.0117. The SMILES string of the molecule is Cc1cc(C(=O)N2CCO[C@H](C(=O)O)C2)c(C)n1-c1cccc(F)c1. The summed E-state index contributed by atoms with van der Waals surface area (Å²) in [5.41, 5.74) is 2.60. The molecule has 1 aliphatic rings. The molecule has 1 aromatic heterocycles. The highest BCUT2D eigenvalue weighted by Crippen LogP contribution is 2.23. The molecule has 1 aliphatic heterocycles. The summed E-state index contributed by atoms with van der Waals surface area (Å²) in [6, 6.07) is 7.90. The van der Waals surface area contributed by atoms with Crippen LogP contribution in [0.1, 0.15) is 21.7 Å². The number of ether oxygens (including phenoxy) is 1. The molecule has 1 amide bonds. The Morgan fingerprint density at radius 2 is 2.04 bits per heavy atom. The van der Waals surface area contributed by atoms with Crippen molar-refractivity contribution < 1.29 is 23.8 Å². The molecular formula is C18H19FN2O4. The molecule has 6 nitrogen and oxygen atoms in total. The van der Waals surface area contributed by atoms with Gasteiger partial charge in [0.15, 0.2) is 6.10 Å². The molecule has 0 bridgehead atoms. The number of halogens is 1. The van der Waals surface area contributed by atoms with Crippen molar-refractivity contribution >= 4 is 11.9 Å². The van der Waals surface area contributed by atoms with Gasteiger partial charge in [-0.25, -0.2) is 9.18 Å². The second kappa shape index (κ2) is 6.68. The van der Waals surface area contributed by atoms with Crippen molar-refractivity contribution in [3.05, 3.63) is 53.1 Å². The fraction of sp³-hybridized carbons (Fsp3) is 0.333. The Kier molecular flexibility index (Phi) is 4.59. The Labute approximate surface area is 144 Å². The van der Waals surface area contributed by atoms with Crippen molar-refractivity contribution in [1.82, 2.24) is 9.47 Å². The molecule has 3 rings (SSSR count). The standard InChI is InChI=1S/C18H19FN2O4/c1-11-8-15(12(2)21(11)14-5-3-4-13(19)9-14)17(22)20-6-7-25-16(10-20)18(23)24/h3-5,8-9,16H,6-7,10H2,1-2H3,(H,23,24)/t16-/m0/s1. The first-order chi connectivity index (χ1) is 11.9. The first kappa shape index (κ1) is 17.2. The van der Waals surface area contributed by atoms with Gasteiger partial charge in [-0.05, 0) is 38.1 Å². The number of nitrogens with zero attached hydrogens (tertiary/aromatic N) is 2. The summed E-state index contributed by atoms with van der Waals surface area (Å²) in [6.45, 7) is 4.17. The van der Waals surface area contributed by atoms with E-state index in [0.717, 1.165) is 5.69 Å². The van der Waals surface area contributed by atoms with Crippen molar-refractivity contribution in [3.8, 4) is 5.69 Å². The molecule has 0 spiro atoms. The van der Waals surface area contributed by atoms with Crippen LogP contribution in [-0.2, 0) is 9.53 Å². The van der Waals surface area contributed by atoms with Crippen LogP contribution in [-0.4, -0.2) is 52.3 Å². The normalized spacial score (nSPS) is 17.6. The lowest BCUT2D eigenvalue weighted by Gasteiger charge is -2.30. The minimum atomic E-state index is -1.08. The first-order valence-electron chi connectivity index (χ1n) is 7.97. The van der Waals surface area contributed by atoms with Gasteiger partial charge in [-0.15, -0.1) is 0 Å². The number of benzene rings is 1. The summed E-state index contributed by atoms with van der Waals surface area (Å²) in [6.07, 6.45) is -1.01. The van der Waals surface area contributed by atoms with E-state index in [1.54, 1.807) is 25.1 Å². The maximum absolute atomic E-state index is 13.5. The van der Waals surface area contributed by atoms with Crippen molar-refractivity contribution in [3.63, 3.8) is 0 Å². The molecule has 1 saturated heterocycles. The monoisotopic (exact) mass is 346 g/mol. The zero-order valence-electron chi connectivity index (χ0n) is 14.0. The highest BCUT2D eigenvalue weighted by Gasteiger charge is 2.31. The molecule has 0 unspecified atom stereocenters. The topological polar surface area (TPSA) is 71.8 Å². The zero-order chi connectivity index (χ0) is 18.1. The van der Waals surface area contributed by atoms with E-state index in [1.165, 1.54) is 17.0 Å². The fourth-order valence-electron chi connectivity index (χ4n) is 3.15. The summed E-state index contributed by atoms with van der Waals surface area (Å²) >= 11 is 0. The van der Waals surface area contributed by atoms with Gasteiger partial charge in [-0.3, -0.25) is 4.79 Å². The van der Waals surface area contributed by atoms with Crippen LogP contribution in [0.25, 0.3) is 5.69 Å². The van der Waals surface area contributed by atoms with Crippen LogP contribution in [0, 0.1) is 19.7 Å². The van der Waals surface area contributed by atoms with E-state index in [2.05, 4.69) is 0 Å². The third-order valence-electron chi connectivity index (χ3n) is 4.36. The van der Waals surface area contributed by atoms with E-state index < -0.39 is 12.1 Å². The molecule has 2 aromatic rings. The third kappa shape index (κ3) is 3.28. The number of hydrogen-bond acceptors (Lipinski definition) is 3. The highest BCUT2D eigenvalue weighted by atomic mass is 19.1. The number of hydrogen-bond donors (Lipinski definition) is 1. The van der Waals surface area contributed by atoms with E-state index in [1.807, 2.05) is 11.5 Å². The molecule has 1 atom stereocenters. The van der Waals surface area contributed by atoms with Gasteiger partial charge < -0.3 is 19.3 Å². The number of carbonyl (C=O) groups excluding carboxylic acids is 1. The molecule has 0 saturated carbocycles. The van der Waals surface area contributed by atoms with E-state index in [9.17, 15) is 14.0 Å². The highest BCUT2D eigenvalue weighted by molar-refractivity contribution is 5.96. The molecular weight excluding hydrogens is 327 g/mol. The number of aromatic nitrogens is 1. The van der Waals surface area contributed by atoms with Crippen molar-refractivity contribution in [1.29, 1.82) is 0 Å². The molecule has 132 valence electrons. The first-order valence-corrected chi connectivity index (χ1v) is 7.97. The lowest BCUT2D eigenvalue weighted by atomic mass is 10.2. The number of carboxylic acids is 1. The Balaban J connectivity index is 1.92. The van der Waals surface area contributed by atoms with Crippen molar-refractivity contribution in [2.24, 2.45) is 0 Å². The van der Waals surface area contributed by atoms with Gasteiger partial charge in [0.05, 0.1) is 18.7 Å². The van der Waals surface area contributed by atoms with Crippen LogP contribution in [0.3, 0.4) is 0 Å². The van der Waals surface area contributed by atoms with E-state index in [0.29, 0.717) is 23.5 Å². The summed E-state index contributed by atoms with van der Waals surface area (Å²) in [5, 5.41) is 9.08. The summed E-state index contributed by atoms with van der Waals surface area (Å²) in [4.78, 5) is 25.4.